The molecule has 4 heteroatoms. The van der Waals surface area contributed by atoms with Crippen LogP contribution in [0.5, 0.6) is 0 Å². The predicted molar refractivity (Wildman–Crippen MR) is 49.4 cm³/mol. The van der Waals surface area contributed by atoms with Gasteiger partial charge in [-0.1, -0.05) is 27.7 Å². The van der Waals surface area contributed by atoms with Crippen molar-refractivity contribution in [2.24, 2.45) is 5.92 Å². The molecule has 0 radical (unpaired) electrons. The maximum absolute atomic E-state index is 13.4. The number of hydrogen-bond acceptors (Lipinski definition) is 2. The van der Waals surface area contributed by atoms with Crippen molar-refractivity contribution in [3.63, 3.8) is 0 Å². The minimum atomic E-state index is -1.35. The number of rotatable bonds is 5. The van der Waals surface area contributed by atoms with E-state index in [9.17, 15) is 9.18 Å². The summed E-state index contributed by atoms with van der Waals surface area (Å²) >= 11 is 0. The summed E-state index contributed by atoms with van der Waals surface area (Å²) in [5.74, 6) is -1.41. The molecular formula is C9H18FNO2. The van der Waals surface area contributed by atoms with Crippen molar-refractivity contribution in [1.82, 2.24) is 5.32 Å². The zero-order chi connectivity index (χ0) is 10.6. The van der Waals surface area contributed by atoms with Crippen LogP contribution >= 0.6 is 0 Å². The first-order valence-corrected chi connectivity index (χ1v) is 4.49. The van der Waals surface area contributed by atoms with Crippen molar-refractivity contribution in [3.8, 4) is 0 Å². The van der Waals surface area contributed by atoms with E-state index in [1.807, 2.05) is 0 Å². The summed E-state index contributed by atoms with van der Waals surface area (Å²) in [4.78, 5) is 10.7. The lowest BCUT2D eigenvalue weighted by Gasteiger charge is -2.23. The van der Waals surface area contributed by atoms with Gasteiger partial charge in [0, 0.05) is 6.04 Å². The largest absolute Gasteiger partial charge is 0.480 e. The highest BCUT2D eigenvalue weighted by Gasteiger charge is 2.30. The van der Waals surface area contributed by atoms with E-state index in [1.165, 1.54) is 0 Å². The summed E-state index contributed by atoms with van der Waals surface area (Å²) in [6, 6.07) is -1.13. The molecule has 0 aromatic heterocycles. The van der Waals surface area contributed by atoms with Crippen LogP contribution in [0, 0.1) is 5.92 Å². The van der Waals surface area contributed by atoms with Gasteiger partial charge in [0.25, 0.3) is 0 Å². The average molecular weight is 191 g/mol. The monoisotopic (exact) mass is 191 g/mol. The van der Waals surface area contributed by atoms with E-state index < -0.39 is 18.2 Å². The highest BCUT2D eigenvalue weighted by Crippen LogP contribution is 2.11. The number of aliphatic carboxylic acids is 1. The van der Waals surface area contributed by atoms with Crippen LogP contribution in [0.2, 0.25) is 0 Å². The molecule has 0 saturated heterocycles. The molecule has 0 aliphatic carbocycles. The number of carbonyl (C=O) groups is 1. The van der Waals surface area contributed by atoms with Gasteiger partial charge in [0.15, 0.2) is 0 Å². The molecule has 2 atom stereocenters. The van der Waals surface area contributed by atoms with Crippen LogP contribution in [0.3, 0.4) is 0 Å². The van der Waals surface area contributed by atoms with Gasteiger partial charge in [-0.25, -0.2) is 4.39 Å². The fourth-order valence-electron chi connectivity index (χ4n) is 1.04. The van der Waals surface area contributed by atoms with Crippen LogP contribution in [-0.4, -0.2) is 29.3 Å². The van der Waals surface area contributed by atoms with Crippen molar-refractivity contribution < 1.29 is 14.3 Å². The van der Waals surface area contributed by atoms with Gasteiger partial charge in [0.1, 0.15) is 12.2 Å². The zero-order valence-electron chi connectivity index (χ0n) is 8.54. The molecule has 78 valence electrons. The molecule has 0 bridgehead atoms. The number of halogens is 1. The zero-order valence-corrected chi connectivity index (χ0v) is 8.54. The molecule has 0 aliphatic heterocycles. The standard InChI is InChI=1S/C9H18FNO2/c1-5(2)7(10)8(9(12)13)11-6(3)4/h5-8,11H,1-4H3,(H,12,13). The highest BCUT2D eigenvalue weighted by molar-refractivity contribution is 5.74. The highest BCUT2D eigenvalue weighted by atomic mass is 19.1. The van der Waals surface area contributed by atoms with Gasteiger partial charge < -0.3 is 5.11 Å². The Bertz CT molecular complexity index is 171. The molecule has 0 amide bonds. The van der Waals surface area contributed by atoms with E-state index in [4.69, 9.17) is 5.11 Å². The molecule has 0 saturated carbocycles. The molecule has 2 unspecified atom stereocenters. The Kier molecular flexibility index (Phi) is 4.91. The molecule has 3 nitrogen and oxygen atoms in total. The van der Waals surface area contributed by atoms with Gasteiger partial charge >= 0.3 is 5.97 Å². The molecule has 13 heavy (non-hydrogen) atoms. The van der Waals surface area contributed by atoms with Crippen LogP contribution in [0.25, 0.3) is 0 Å². The second-order valence-corrected chi connectivity index (χ2v) is 3.83. The quantitative estimate of drug-likeness (QED) is 0.691. The van der Waals surface area contributed by atoms with E-state index in [0.29, 0.717) is 0 Å². The SMILES string of the molecule is CC(C)NC(C(=O)O)C(F)C(C)C. The third-order valence-electron chi connectivity index (χ3n) is 1.73. The average Bonchev–Trinajstić information content (AvgIpc) is 1.97. The molecule has 0 rings (SSSR count). The van der Waals surface area contributed by atoms with Crippen molar-refractivity contribution in [2.75, 3.05) is 0 Å². The van der Waals surface area contributed by atoms with Crippen LogP contribution in [0.15, 0.2) is 0 Å². The summed E-state index contributed by atoms with van der Waals surface area (Å²) in [5.41, 5.74) is 0. The maximum atomic E-state index is 13.4. The maximum Gasteiger partial charge on any atom is 0.323 e. The third-order valence-corrected chi connectivity index (χ3v) is 1.73. The van der Waals surface area contributed by atoms with Gasteiger partial charge in [0.05, 0.1) is 0 Å². The summed E-state index contributed by atoms with van der Waals surface area (Å²) in [5, 5.41) is 11.4. The first kappa shape index (κ1) is 12.4. The van der Waals surface area contributed by atoms with Crippen LogP contribution in [0.4, 0.5) is 4.39 Å². The summed E-state index contributed by atoms with van der Waals surface area (Å²) in [6.07, 6.45) is -1.35. The molecule has 0 fully saturated rings. The molecule has 0 heterocycles. The van der Waals surface area contributed by atoms with Gasteiger partial charge in [0.2, 0.25) is 0 Å². The second kappa shape index (κ2) is 5.17. The summed E-state index contributed by atoms with van der Waals surface area (Å²) in [7, 11) is 0. The number of alkyl halides is 1. The normalized spacial score (nSPS) is 16.2. The Morgan fingerprint density at radius 3 is 2.00 bits per heavy atom. The van der Waals surface area contributed by atoms with E-state index in [1.54, 1.807) is 27.7 Å². The van der Waals surface area contributed by atoms with Gasteiger partial charge in [-0.05, 0) is 5.92 Å². The van der Waals surface area contributed by atoms with E-state index in [2.05, 4.69) is 5.32 Å². The second-order valence-electron chi connectivity index (χ2n) is 3.83. The molecule has 2 N–H and O–H groups in total. The Morgan fingerprint density at radius 1 is 1.31 bits per heavy atom. The van der Waals surface area contributed by atoms with Gasteiger partial charge in [-0.3, -0.25) is 10.1 Å². The topological polar surface area (TPSA) is 49.3 Å². The van der Waals surface area contributed by atoms with Gasteiger partial charge in [-0.15, -0.1) is 0 Å². The molecular weight excluding hydrogens is 173 g/mol. The lowest BCUT2D eigenvalue weighted by atomic mass is 10.0. The molecule has 0 aromatic rings. The van der Waals surface area contributed by atoms with Crippen molar-refractivity contribution >= 4 is 5.97 Å². The number of carboxylic acids is 1. The minimum absolute atomic E-state index is 0.0295. The predicted octanol–water partition coefficient (Wildman–Crippen LogP) is 1.43. The van der Waals surface area contributed by atoms with E-state index >= 15 is 0 Å². The lowest BCUT2D eigenvalue weighted by molar-refractivity contribution is -0.142. The lowest BCUT2D eigenvalue weighted by Crippen LogP contribution is -2.48. The number of nitrogens with one attached hydrogen (secondary N) is 1. The van der Waals surface area contributed by atoms with Crippen LogP contribution in [0.1, 0.15) is 27.7 Å². The van der Waals surface area contributed by atoms with Gasteiger partial charge in [-0.2, -0.15) is 0 Å². The van der Waals surface area contributed by atoms with Crippen LogP contribution in [-0.2, 0) is 4.79 Å². The van der Waals surface area contributed by atoms with E-state index in [0.717, 1.165) is 0 Å². The molecule has 0 aliphatic rings. The minimum Gasteiger partial charge on any atom is -0.480 e. The van der Waals surface area contributed by atoms with Crippen molar-refractivity contribution in [3.05, 3.63) is 0 Å². The molecule has 0 aromatic carbocycles. The Morgan fingerprint density at radius 2 is 1.77 bits per heavy atom. The summed E-state index contributed by atoms with van der Waals surface area (Å²) < 4.78 is 13.4. The number of carboxylic acid groups (broad SMARTS) is 1. The fourth-order valence-corrected chi connectivity index (χ4v) is 1.04. The van der Waals surface area contributed by atoms with Crippen molar-refractivity contribution in [1.29, 1.82) is 0 Å². The summed E-state index contributed by atoms with van der Waals surface area (Å²) in [6.45, 7) is 6.93. The number of hydrogen-bond donors (Lipinski definition) is 2. The Hall–Kier alpha value is -0.640. The Labute approximate surface area is 78.3 Å². The van der Waals surface area contributed by atoms with E-state index in [-0.39, 0.29) is 12.0 Å². The first-order valence-electron chi connectivity index (χ1n) is 4.49. The van der Waals surface area contributed by atoms with Crippen molar-refractivity contribution in [2.45, 2.75) is 46.0 Å². The third kappa shape index (κ3) is 4.22. The molecule has 0 spiro atoms. The van der Waals surface area contributed by atoms with Crippen LogP contribution < -0.4 is 5.32 Å². The smallest absolute Gasteiger partial charge is 0.323 e. The fraction of sp³-hybridized carbons (Fsp3) is 0.889. The Balaban J connectivity index is 4.33. The first-order chi connectivity index (χ1) is 5.86.